The van der Waals surface area contributed by atoms with Gasteiger partial charge in [-0.2, -0.15) is 0 Å². The average molecular weight is 413 g/mol. The van der Waals surface area contributed by atoms with Crippen LogP contribution in [0.3, 0.4) is 0 Å². The maximum absolute atomic E-state index is 13.4. The van der Waals surface area contributed by atoms with Crippen LogP contribution in [0.25, 0.3) is 0 Å². The van der Waals surface area contributed by atoms with Crippen LogP contribution in [0.5, 0.6) is 11.5 Å². The fourth-order valence-corrected chi connectivity index (χ4v) is 4.64. The standard InChI is InChI=1S/C26H33FO3/c1-3-5-18-6-10-20(11-7-18)21-12-8-19(9-13-21)16-24(28)22-14-15-25(30-4-2)23(17-27)26(22)29/h8-9,12-15,18,20,29H,3-7,10-11,16-17H2,1-2H3. The summed E-state index contributed by atoms with van der Waals surface area (Å²) in [5.41, 5.74) is 2.43. The van der Waals surface area contributed by atoms with Crippen molar-refractivity contribution >= 4 is 5.78 Å². The van der Waals surface area contributed by atoms with Crippen LogP contribution in [0.15, 0.2) is 36.4 Å². The van der Waals surface area contributed by atoms with E-state index in [4.69, 9.17) is 4.74 Å². The summed E-state index contributed by atoms with van der Waals surface area (Å²) >= 11 is 0. The van der Waals surface area contributed by atoms with E-state index in [0.29, 0.717) is 12.5 Å². The Bertz CT molecular complexity index is 836. The van der Waals surface area contributed by atoms with Crippen molar-refractivity contribution in [3.63, 3.8) is 0 Å². The lowest BCUT2D eigenvalue weighted by Gasteiger charge is -2.28. The summed E-state index contributed by atoms with van der Waals surface area (Å²) in [6.07, 6.45) is 7.91. The van der Waals surface area contributed by atoms with E-state index >= 15 is 0 Å². The normalized spacial score (nSPS) is 18.9. The lowest BCUT2D eigenvalue weighted by atomic mass is 9.77. The Morgan fingerprint density at radius 1 is 1.07 bits per heavy atom. The minimum atomic E-state index is -0.877. The van der Waals surface area contributed by atoms with Crippen molar-refractivity contribution in [2.45, 2.75) is 71.4 Å². The van der Waals surface area contributed by atoms with Gasteiger partial charge in [0.1, 0.15) is 18.2 Å². The number of ketones is 1. The van der Waals surface area contributed by atoms with Gasteiger partial charge >= 0.3 is 0 Å². The topological polar surface area (TPSA) is 46.5 Å². The zero-order chi connectivity index (χ0) is 21.5. The molecule has 0 amide bonds. The molecule has 1 aliphatic rings. The Labute approximate surface area is 179 Å². The number of carbonyl (C=O) groups is 1. The van der Waals surface area contributed by atoms with E-state index in [-0.39, 0.29) is 34.8 Å². The number of phenolic OH excluding ortho intramolecular Hbond substituents is 1. The van der Waals surface area contributed by atoms with Gasteiger partial charge in [0, 0.05) is 6.42 Å². The Kier molecular flexibility index (Phi) is 7.89. The van der Waals surface area contributed by atoms with E-state index in [1.165, 1.54) is 50.2 Å². The third-order valence-electron chi connectivity index (χ3n) is 6.33. The number of hydrogen-bond acceptors (Lipinski definition) is 3. The molecule has 0 atom stereocenters. The lowest BCUT2D eigenvalue weighted by molar-refractivity contribution is 0.0990. The molecule has 4 heteroatoms. The summed E-state index contributed by atoms with van der Waals surface area (Å²) in [4.78, 5) is 12.7. The first-order chi connectivity index (χ1) is 14.6. The predicted molar refractivity (Wildman–Crippen MR) is 118 cm³/mol. The highest BCUT2D eigenvalue weighted by Gasteiger charge is 2.22. The van der Waals surface area contributed by atoms with Gasteiger partial charge in [-0.3, -0.25) is 4.79 Å². The third-order valence-corrected chi connectivity index (χ3v) is 6.33. The van der Waals surface area contributed by atoms with Gasteiger partial charge in [0.25, 0.3) is 0 Å². The Balaban J connectivity index is 1.65. The molecular weight excluding hydrogens is 379 g/mol. The first-order valence-corrected chi connectivity index (χ1v) is 11.2. The van der Waals surface area contributed by atoms with E-state index in [9.17, 15) is 14.3 Å². The number of Topliss-reactive ketones (excluding diaryl/α,β-unsaturated/α-hetero) is 1. The van der Waals surface area contributed by atoms with E-state index in [0.717, 1.165) is 11.5 Å². The van der Waals surface area contributed by atoms with Crippen molar-refractivity contribution in [1.82, 2.24) is 0 Å². The summed E-state index contributed by atoms with van der Waals surface area (Å²) in [6.45, 7) is 3.54. The van der Waals surface area contributed by atoms with Gasteiger partial charge in [-0.15, -0.1) is 0 Å². The van der Waals surface area contributed by atoms with E-state index in [1.807, 2.05) is 12.1 Å². The molecule has 0 aliphatic heterocycles. The molecule has 0 bridgehead atoms. The molecule has 0 unspecified atom stereocenters. The summed E-state index contributed by atoms with van der Waals surface area (Å²) < 4.78 is 18.7. The number of aromatic hydroxyl groups is 1. The Morgan fingerprint density at radius 2 is 1.77 bits per heavy atom. The molecule has 0 saturated heterocycles. The zero-order valence-electron chi connectivity index (χ0n) is 18.1. The van der Waals surface area contributed by atoms with Gasteiger partial charge in [0.2, 0.25) is 0 Å². The number of ether oxygens (including phenoxy) is 1. The van der Waals surface area contributed by atoms with Crippen molar-refractivity contribution in [2.75, 3.05) is 6.61 Å². The lowest BCUT2D eigenvalue weighted by Crippen LogP contribution is -2.13. The Morgan fingerprint density at radius 3 is 2.37 bits per heavy atom. The van der Waals surface area contributed by atoms with Crippen LogP contribution in [0.1, 0.15) is 85.3 Å². The number of rotatable bonds is 9. The van der Waals surface area contributed by atoms with Crippen LogP contribution in [0, 0.1) is 5.92 Å². The summed E-state index contributed by atoms with van der Waals surface area (Å²) in [5.74, 6) is 1.25. The monoisotopic (exact) mass is 412 g/mol. The van der Waals surface area contributed by atoms with Crippen molar-refractivity contribution in [1.29, 1.82) is 0 Å². The molecule has 3 rings (SSSR count). The third kappa shape index (κ3) is 5.21. The largest absolute Gasteiger partial charge is 0.507 e. The van der Waals surface area contributed by atoms with Crippen LogP contribution < -0.4 is 4.74 Å². The number of carbonyl (C=O) groups excluding carboxylic acids is 1. The van der Waals surface area contributed by atoms with Crippen molar-refractivity contribution in [3.05, 3.63) is 58.7 Å². The first kappa shape index (κ1) is 22.3. The summed E-state index contributed by atoms with van der Waals surface area (Å²) in [5, 5.41) is 10.4. The second-order valence-electron chi connectivity index (χ2n) is 8.35. The smallest absolute Gasteiger partial charge is 0.170 e. The van der Waals surface area contributed by atoms with Gasteiger partial charge in [0.15, 0.2) is 5.78 Å². The molecule has 162 valence electrons. The quantitative estimate of drug-likeness (QED) is 0.463. The second kappa shape index (κ2) is 10.6. The molecular formula is C26H33FO3. The van der Waals surface area contributed by atoms with Crippen LogP contribution in [0.2, 0.25) is 0 Å². The molecule has 30 heavy (non-hydrogen) atoms. The highest BCUT2D eigenvalue weighted by molar-refractivity contribution is 6.00. The van der Waals surface area contributed by atoms with Gasteiger partial charge < -0.3 is 9.84 Å². The molecule has 1 fully saturated rings. The van der Waals surface area contributed by atoms with Crippen molar-refractivity contribution in [2.24, 2.45) is 5.92 Å². The van der Waals surface area contributed by atoms with E-state index < -0.39 is 6.67 Å². The SMILES string of the molecule is CCCC1CCC(c2ccc(CC(=O)c3ccc(OCC)c(CF)c3O)cc2)CC1. The predicted octanol–water partition coefficient (Wildman–Crippen LogP) is 6.76. The fourth-order valence-electron chi connectivity index (χ4n) is 4.64. The molecule has 0 aromatic heterocycles. The van der Waals surface area contributed by atoms with E-state index in [1.54, 1.807) is 13.0 Å². The molecule has 2 aromatic rings. The maximum Gasteiger partial charge on any atom is 0.170 e. The molecule has 1 N–H and O–H groups in total. The zero-order valence-corrected chi connectivity index (χ0v) is 18.1. The van der Waals surface area contributed by atoms with Crippen LogP contribution in [-0.2, 0) is 13.1 Å². The molecule has 0 heterocycles. The van der Waals surface area contributed by atoms with Gasteiger partial charge in [0.05, 0.1) is 17.7 Å². The minimum Gasteiger partial charge on any atom is -0.507 e. The second-order valence-corrected chi connectivity index (χ2v) is 8.35. The average Bonchev–Trinajstić information content (AvgIpc) is 2.75. The summed E-state index contributed by atoms with van der Waals surface area (Å²) in [7, 11) is 0. The fraction of sp³-hybridized carbons (Fsp3) is 0.500. The molecule has 1 saturated carbocycles. The van der Waals surface area contributed by atoms with Crippen LogP contribution >= 0.6 is 0 Å². The van der Waals surface area contributed by atoms with Crippen LogP contribution in [0.4, 0.5) is 4.39 Å². The van der Waals surface area contributed by atoms with Gasteiger partial charge in [-0.05, 0) is 67.7 Å². The minimum absolute atomic E-state index is 0.0386. The molecule has 2 aromatic carbocycles. The molecule has 0 spiro atoms. The Hall–Kier alpha value is -2.36. The molecule has 1 aliphatic carbocycles. The highest BCUT2D eigenvalue weighted by atomic mass is 19.1. The van der Waals surface area contributed by atoms with Crippen molar-refractivity contribution in [3.8, 4) is 11.5 Å². The number of alkyl halides is 1. The molecule has 3 nitrogen and oxygen atoms in total. The number of halogens is 1. The highest BCUT2D eigenvalue weighted by Crippen LogP contribution is 2.38. The number of benzene rings is 2. The van der Waals surface area contributed by atoms with Crippen molar-refractivity contribution < 1.29 is 19.0 Å². The van der Waals surface area contributed by atoms with Gasteiger partial charge in [-0.1, -0.05) is 44.0 Å². The molecule has 0 radical (unpaired) electrons. The maximum atomic E-state index is 13.4. The number of phenols is 1. The van der Waals surface area contributed by atoms with Crippen LogP contribution in [-0.4, -0.2) is 17.5 Å². The summed E-state index contributed by atoms with van der Waals surface area (Å²) in [6, 6.07) is 11.4. The number of hydrogen-bond donors (Lipinski definition) is 1. The van der Waals surface area contributed by atoms with E-state index in [2.05, 4.69) is 19.1 Å². The van der Waals surface area contributed by atoms with Gasteiger partial charge in [-0.25, -0.2) is 4.39 Å². The first-order valence-electron chi connectivity index (χ1n) is 11.2.